The first-order valence-corrected chi connectivity index (χ1v) is 7.76. The van der Waals surface area contributed by atoms with Crippen molar-refractivity contribution in [2.24, 2.45) is 0 Å². The molecule has 22 heavy (non-hydrogen) atoms. The van der Waals surface area contributed by atoms with Crippen LogP contribution in [-0.2, 0) is 0 Å². The molecule has 0 amide bonds. The molecule has 0 aliphatic rings. The molecule has 1 nitrogen and oxygen atoms in total. The van der Waals surface area contributed by atoms with Gasteiger partial charge in [0.15, 0.2) is 0 Å². The molecule has 2 rings (SSSR count). The van der Waals surface area contributed by atoms with Crippen LogP contribution in [0.2, 0.25) is 30.1 Å². The SMILES string of the molecule is FC(F)Oc1cc(Cl)cc(-c2c(Cl)c(Cl)c(Cl)c(Cl)c2Cl)c1. The molecule has 2 aromatic carbocycles. The minimum absolute atomic E-state index is 0.00633. The Bertz CT molecular complexity index is 706. The number of hydrogen-bond donors (Lipinski definition) is 0. The average molecular weight is 427 g/mol. The minimum Gasteiger partial charge on any atom is -0.435 e. The van der Waals surface area contributed by atoms with Crippen molar-refractivity contribution in [3.8, 4) is 16.9 Å². The fourth-order valence-electron chi connectivity index (χ4n) is 1.74. The van der Waals surface area contributed by atoms with E-state index in [0.29, 0.717) is 5.56 Å². The lowest BCUT2D eigenvalue weighted by molar-refractivity contribution is -0.0498. The van der Waals surface area contributed by atoms with Crippen molar-refractivity contribution >= 4 is 69.6 Å². The van der Waals surface area contributed by atoms with E-state index in [2.05, 4.69) is 4.74 Å². The van der Waals surface area contributed by atoms with Crippen molar-refractivity contribution in [1.82, 2.24) is 0 Å². The Morgan fingerprint density at radius 1 is 0.727 bits per heavy atom. The molecule has 0 bridgehead atoms. The molecule has 0 saturated heterocycles. The summed E-state index contributed by atoms with van der Waals surface area (Å²) in [4.78, 5) is 0. The largest absolute Gasteiger partial charge is 0.435 e. The third kappa shape index (κ3) is 3.66. The van der Waals surface area contributed by atoms with E-state index in [1.807, 2.05) is 0 Å². The van der Waals surface area contributed by atoms with E-state index in [4.69, 9.17) is 69.6 Å². The Balaban J connectivity index is 2.69. The molecule has 9 heteroatoms. The van der Waals surface area contributed by atoms with E-state index in [0.717, 1.165) is 0 Å². The average Bonchev–Trinajstić information content (AvgIpc) is 2.42. The predicted molar refractivity (Wildman–Crippen MR) is 88.6 cm³/mol. The van der Waals surface area contributed by atoms with Crippen LogP contribution in [0.15, 0.2) is 18.2 Å². The van der Waals surface area contributed by atoms with Gasteiger partial charge in [0.2, 0.25) is 0 Å². The highest BCUT2D eigenvalue weighted by Gasteiger charge is 2.21. The fourth-order valence-corrected chi connectivity index (χ4v) is 3.32. The minimum atomic E-state index is -3.00. The molecular formula is C13H4Cl6F2O. The van der Waals surface area contributed by atoms with Gasteiger partial charge in [0.05, 0.1) is 25.1 Å². The van der Waals surface area contributed by atoms with Crippen molar-refractivity contribution in [2.75, 3.05) is 0 Å². The molecule has 0 N–H and O–H groups in total. The zero-order valence-electron chi connectivity index (χ0n) is 10.2. The van der Waals surface area contributed by atoms with Crippen molar-refractivity contribution in [1.29, 1.82) is 0 Å². The predicted octanol–water partition coefficient (Wildman–Crippen LogP) is 7.88. The number of ether oxygens (including phenoxy) is 1. The summed E-state index contributed by atoms with van der Waals surface area (Å²) in [5.74, 6) is -0.160. The van der Waals surface area contributed by atoms with Gasteiger partial charge < -0.3 is 4.74 Å². The number of alkyl halides is 2. The molecule has 0 aliphatic heterocycles. The number of benzene rings is 2. The molecule has 0 aliphatic carbocycles. The van der Waals surface area contributed by atoms with E-state index in [1.165, 1.54) is 18.2 Å². The topological polar surface area (TPSA) is 9.23 Å². The standard InChI is InChI=1S/C13H4Cl6F2O/c14-5-1-4(2-6(3-5)22-13(20)21)7-8(15)10(17)12(19)11(18)9(7)16/h1-3,13H. The second-order valence-electron chi connectivity index (χ2n) is 4.00. The van der Waals surface area contributed by atoms with Crippen molar-refractivity contribution in [3.05, 3.63) is 48.3 Å². The van der Waals surface area contributed by atoms with E-state index in [-0.39, 0.29) is 41.4 Å². The van der Waals surface area contributed by atoms with Gasteiger partial charge in [-0.05, 0) is 23.8 Å². The molecule has 2 aromatic rings. The normalized spacial score (nSPS) is 11.1. The van der Waals surface area contributed by atoms with Crippen LogP contribution in [0.4, 0.5) is 8.78 Å². The maximum atomic E-state index is 12.3. The summed E-state index contributed by atoms with van der Waals surface area (Å²) in [6.07, 6.45) is 0. The highest BCUT2D eigenvalue weighted by atomic mass is 35.5. The molecule has 118 valence electrons. The third-order valence-corrected chi connectivity index (χ3v) is 5.09. The van der Waals surface area contributed by atoms with Gasteiger partial charge in [0.25, 0.3) is 0 Å². The Hall–Kier alpha value is -0.160. The van der Waals surface area contributed by atoms with Crippen LogP contribution in [0.1, 0.15) is 0 Å². The van der Waals surface area contributed by atoms with E-state index >= 15 is 0 Å². The molecule has 0 atom stereocenters. The Kier molecular flexibility index (Phi) is 5.92. The van der Waals surface area contributed by atoms with Gasteiger partial charge in [0, 0.05) is 10.6 Å². The van der Waals surface area contributed by atoms with Gasteiger partial charge in [0.1, 0.15) is 5.75 Å². The van der Waals surface area contributed by atoms with Crippen molar-refractivity contribution in [3.63, 3.8) is 0 Å². The fraction of sp³-hybridized carbons (Fsp3) is 0.0769. The summed E-state index contributed by atoms with van der Waals surface area (Å²) < 4.78 is 29.0. The number of rotatable bonds is 3. The molecule has 0 saturated carbocycles. The molecule has 0 unspecified atom stereocenters. The van der Waals surface area contributed by atoms with Crippen LogP contribution in [-0.4, -0.2) is 6.61 Å². The van der Waals surface area contributed by atoms with Gasteiger partial charge in [-0.2, -0.15) is 8.78 Å². The molecule has 0 aromatic heterocycles. The summed E-state index contributed by atoms with van der Waals surface area (Å²) in [6, 6.07) is 3.96. The highest BCUT2D eigenvalue weighted by molar-refractivity contribution is 6.56. The van der Waals surface area contributed by atoms with Crippen molar-refractivity contribution < 1.29 is 13.5 Å². The molecule has 0 fully saturated rings. The van der Waals surface area contributed by atoms with Crippen LogP contribution >= 0.6 is 69.6 Å². The van der Waals surface area contributed by atoms with Gasteiger partial charge >= 0.3 is 6.61 Å². The van der Waals surface area contributed by atoms with Crippen LogP contribution in [0.25, 0.3) is 11.1 Å². The molecule has 0 heterocycles. The van der Waals surface area contributed by atoms with E-state index < -0.39 is 6.61 Å². The lowest BCUT2D eigenvalue weighted by Gasteiger charge is -2.14. The molecular weight excluding hydrogens is 423 g/mol. The maximum absolute atomic E-state index is 12.3. The summed E-state index contributed by atoms with van der Waals surface area (Å²) in [6.45, 7) is -3.00. The first kappa shape index (κ1) is 18.2. The zero-order chi connectivity index (χ0) is 16.6. The summed E-state index contributed by atoms with van der Waals surface area (Å²) >= 11 is 36.0. The zero-order valence-corrected chi connectivity index (χ0v) is 14.8. The first-order chi connectivity index (χ1) is 10.2. The lowest BCUT2D eigenvalue weighted by atomic mass is 10.1. The van der Waals surface area contributed by atoms with E-state index in [9.17, 15) is 8.78 Å². The van der Waals surface area contributed by atoms with Gasteiger partial charge in [-0.15, -0.1) is 0 Å². The Morgan fingerprint density at radius 2 is 1.23 bits per heavy atom. The second-order valence-corrected chi connectivity index (χ2v) is 6.33. The number of hydrogen-bond acceptors (Lipinski definition) is 1. The summed E-state index contributed by atoms with van der Waals surface area (Å²) in [5, 5.41) is 0.154. The van der Waals surface area contributed by atoms with Crippen LogP contribution in [0.5, 0.6) is 5.75 Å². The van der Waals surface area contributed by atoms with Gasteiger partial charge in [-0.1, -0.05) is 69.6 Å². The number of halogens is 8. The van der Waals surface area contributed by atoms with E-state index in [1.54, 1.807) is 0 Å². The summed E-state index contributed by atoms with van der Waals surface area (Å²) in [5.41, 5.74) is 0.517. The second kappa shape index (κ2) is 7.16. The Morgan fingerprint density at radius 3 is 1.73 bits per heavy atom. The molecule has 0 spiro atoms. The third-order valence-electron chi connectivity index (χ3n) is 2.59. The smallest absolute Gasteiger partial charge is 0.387 e. The molecule has 0 radical (unpaired) electrons. The van der Waals surface area contributed by atoms with Crippen LogP contribution in [0, 0.1) is 0 Å². The Labute approximate surface area is 154 Å². The van der Waals surface area contributed by atoms with Gasteiger partial charge in [-0.3, -0.25) is 0 Å². The van der Waals surface area contributed by atoms with Gasteiger partial charge in [-0.25, -0.2) is 0 Å². The van der Waals surface area contributed by atoms with Crippen LogP contribution in [0.3, 0.4) is 0 Å². The highest BCUT2D eigenvalue weighted by Crippen LogP contribution is 2.49. The first-order valence-electron chi connectivity index (χ1n) is 5.49. The van der Waals surface area contributed by atoms with Crippen LogP contribution < -0.4 is 4.74 Å². The maximum Gasteiger partial charge on any atom is 0.387 e. The monoisotopic (exact) mass is 424 g/mol. The quantitative estimate of drug-likeness (QED) is 0.358. The lowest BCUT2D eigenvalue weighted by Crippen LogP contribution is -2.02. The van der Waals surface area contributed by atoms with Crippen molar-refractivity contribution in [2.45, 2.75) is 6.61 Å². The summed E-state index contributed by atoms with van der Waals surface area (Å²) in [7, 11) is 0.